The highest BCUT2D eigenvalue weighted by atomic mass is 32.2. The minimum Gasteiger partial charge on any atom is -0.423 e. The molecule has 0 aromatic carbocycles. The fourth-order valence-corrected chi connectivity index (χ4v) is 4.31. The van der Waals surface area contributed by atoms with Gasteiger partial charge >= 0.3 is 0 Å². The normalized spacial score (nSPS) is 25.4. The van der Waals surface area contributed by atoms with Crippen molar-refractivity contribution in [3.8, 4) is 0 Å². The lowest BCUT2D eigenvalue weighted by atomic mass is 9.98. The van der Waals surface area contributed by atoms with Crippen LogP contribution in [0.25, 0.3) is 0 Å². The molecule has 3 rings (SSSR count). The maximum Gasteiger partial charge on any atom is 0.233 e. The maximum absolute atomic E-state index is 11.9. The Labute approximate surface area is 131 Å². The number of nitrogens with zero attached hydrogens (tertiary/aromatic N) is 3. The Morgan fingerprint density at radius 2 is 1.91 bits per heavy atom. The molecule has 1 atom stereocenters. The van der Waals surface area contributed by atoms with E-state index in [0.29, 0.717) is 24.9 Å². The van der Waals surface area contributed by atoms with Gasteiger partial charge < -0.3 is 9.73 Å². The first-order chi connectivity index (χ1) is 10.6. The quantitative estimate of drug-likeness (QED) is 0.899. The van der Waals surface area contributed by atoms with Crippen molar-refractivity contribution >= 4 is 10.0 Å². The van der Waals surface area contributed by atoms with E-state index in [1.807, 2.05) is 0 Å². The Bertz CT molecular complexity index is 587. The van der Waals surface area contributed by atoms with Crippen molar-refractivity contribution in [1.29, 1.82) is 0 Å². The predicted octanol–water partition coefficient (Wildman–Crippen LogP) is 1.41. The molecule has 3 heterocycles. The molecule has 2 fully saturated rings. The topological polar surface area (TPSA) is 88.3 Å². The average Bonchev–Trinajstić information content (AvgIpc) is 3.06. The van der Waals surface area contributed by atoms with Crippen LogP contribution in [0.3, 0.4) is 0 Å². The summed E-state index contributed by atoms with van der Waals surface area (Å²) >= 11 is 0. The second-order valence-electron chi connectivity index (χ2n) is 6.05. The van der Waals surface area contributed by atoms with Gasteiger partial charge in [0.1, 0.15) is 0 Å². The first kappa shape index (κ1) is 15.9. The van der Waals surface area contributed by atoms with E-state index in [0.717, 1.165) is 25.8 Å². The van der Waals surface area contributed by atoms with Crippen LogP contribution >= 0.6 is 0 Å². The summed E-state index contributed by atoms with van der Waals surface area (Å²) in [7, 11) is -3.08. The van der Waals surface area contributed by atoms with E-state index >= 15 is 0 Å². The predicted molar refractivity (Wildman–Crippen MR) is 81.9 cm³/mol. The lowest BCUT2D eigenvalue weighted by molar-refractivity contribution is 0.274. The van der Waals surface area contributed by atoms with Crippen molar-refractivity contribution in [1.82, 2.24) is 19.8 Å². The molecule has 0 unspecified atom stereocenters. The van der Waals surface area contributed by atoms with Crippen LogP contribution in [-0.4, -0.2) is 48.3 Å². The molecular weight excluding hydrogens is 304 g/mol. The molecule has 0 bridgehead atoms. The van der Waals surface area contributed by atoms with Crippen LogP contribution in [0.2, 0.25) is 0 Å². The van der Waals surface area contributed by atoms with E-state index in [-0.39, 0.29) is 17.7 Å². The number of aromatic nitrogens is 2. The average molecular weight is 328 g/mol. The number of nitrogens with one attached hydrogen (secondary N) is 1. The molecule has 2 aliphatic rings. The molecule has 0 radical (unpaired) electrons. The van der Waals surface area contributed by atoms with E-state index in [9.17, 15) is 8.42 Å². The highest BCUT2D eigenvalue weighted by Crippen LogP contribution is 2.30. The minimum atomic E-state index is -3.08. The van der Waals surface area contributed by atoms with Crippen LogP contribution < -0.4 is 5.32 Å². The summed E-state index contributed by atoms with van der Waals surface area (Å²) in [5.74, 6) is 1.68. The Hall–Kier alpha value is -0.990. The second-order valence-corrected chi connectivity index (χ2v) is 8.31. The molecule has 7 nitrogen and oxygen atoms in total. The lowest BCUT2D eigenvalue weighted by Crippen LogP contribution is -2.38. The van der Waals surface area contributed by atoms with Gasteiger partial charge in [-0.3, -0.25) is 0 Å². The highest BCUT2D eigenvalue weighted by Gasteiger charge is 2.31. The molecule has 124 valence electrons. The lowest BCUT2D eigenvalue weighted by Gasteiger charge is -2.29. The maximum atomic E-state index is 11.9. The Morgan fingerprint density at radius 3 is 2.55 bits per heavy atom. The van der Waals surface area contributed by atoms with Gasteiger partial charge in [-0.15, -0.1) is 10.2 Å². The molecular formula is C14H24N4O3S. The van der Waals surface area contributed by atoms with Gasteiger partial charge in [-0.1, -0.05) is 6.42 Å². The van der Waals surface area contributed by atoms with Crippen molar-refractivity contribution in [2.45, 2.75) is 51.0 Å². The molecule has 1 N–H and O–H groups in total. The number of rotatable bonds is 4. The van der Waals surface area contributed by atoms with Gasteiger partial charge in [-0.05, 0) is 39.2 Å². The fourth-order valence-electron chi connectivity index (χ4n) is 3.18. The summed E-state index contributed by atoms with van der Waals surface area (Å²) < 4.78 is 31.2. The van der Waals surface area contributed by atoms with Crippen LogP contribution in [0.1, 0.15) is 62.8 Å². The molecule has 0 amide bonds. The third-order valence-electron chi connectivity index (χ3n) is 4.63. The van der Waals surface area contributed by atoms with Gasteiger partial charge in [0.15, 0.2) is 0 Å². The van der Waals surface area contributed by atoms with Crippen LogP contribution in [0.15, 0.2) is 4.42 Å². The molecule has 0 aliphatic carbocycles. The zero-order valence-electron chi connectivity index (χ0n) is 13.0. The zero-order chi connectivity index (χ0) is 15.6. The summed E-state index contributed by atoms with van der Waals surface area (Å²) in [6.45, 7) is 3.76. The first-order valence-corrected chi connectivity index (χ1v) is 9.75. The Kier molecular flexibility index (Phi) is 4.79. The van der Waals surface area contributed by atoms with Gasteiger partial charge in [0, 0.05) is 19.0 Å². The molecule has 2 saturated heterocycles. The molecule has 22 heavy (non-hydrogen) atoms. The summed E-state index contributed by atoms with van der Waals surface area (Å²) in [5.41, 5.74) is 0. The van der Waals surface area contributed by atoms with Crippen molar-refractivity contribution in [3.63, 3.8) is 0 Å². The zero-order valence-corrected chi connectivity index (χ0v) is 13.8. The van der Waals surface area contributed by atoms with E-state index in [1.165, 1.54) is 12.8 Å². The molecule has 1 aromatic heterocycles. The molecule has 1 aromatic rings. The molecule has 2 aliphatic heterocycles. The standard InChI is InChI=1S/C14H24N4O3S/c1-2-22(19,20)18-9-6-11(7-10-18)13-16-17-14(21-13)12-5-3-4-8-15-12/h11-12,15H,2-10H2,1H3/t12-/m1/s1. The number of piperidine rings is 2. The third-order valence-corrected chi connectivity index (χ3v) is 6.51. The summed E-state index contributed by atoms with van der Waals surface area (Å²) in [5, 5.41) is 11.8. The van der Waals surface area contributed by atoms with Gasteiger partial charge in [0.25, 0.3) is 0 Å². The van der Waals surface area contributed by atoms with E-state index in [4.69, 9.17) is 4.42 Å². The van der Waals surface area contributed by atoms with Crippen LogP contribution in [-0.2, 0) is 10.0 Å². The van der Waals surface area contributed by atoms with Crippen molar-refractivity contribution in [3.05, 3.63) is 11.8 Å². The van der Waals surface area contributed by atoms with Crippen LogP contribution in [0.5, 0.6) is 0 Å². The Balaban J connectivity index is 1.61. The van der Waals surface area contributed by atoms with Gasteiger partial charge in [-0.2, -0.15) is 0 Å². The highest BCUT2D eigenvalue weighted by molar-refractivity contribution is 7.89. The second kappa shape index (κ2) is 6.64. The smallest absolute Gasteiger partial charge is 0.233 e. The summed E-state index contributed by atoms with van der Waals surface area (Å²) in [4.78, 5) is 0. The monoisotopic (exact) mass is 328 g/mol. The largest absolute Gasteiger partial charge is 0.423 e. The van der Waals surface area contributed by atoms with E-state index in [2.05, 4.69) is 15.5 Å². The van der Waals surface area contributed by atoms with Gasteiger partial charge in [0.2, 0.25) is 21.8 Å². The Morgan fingerprint density at radius 1 is 1.18 bits per heavy atom. The van der Waals surface area contributed by atoms with Crippen LogP contribution in [0.4, 0.5) is 0 Å². The molecule has 0 spiro atoms. The van der Waals surface area contributed by atoms with Gasteiger partial charge in [-0.25, -0.2) is 12.7 Å². The van der Waals surface area contributed by atoms with E-state index in [1.54, 1.807) is 11.2 Å². The van der Waals surface area contributed by atoms with Crippen molar-refractivity contribution < 1.29 is 12.8 Å². The SMILES string of the molecule is CCS(=O)(=O)N1CCC(c2nnc([C@H]3CCCCN3)o2)CC1. The summed E-state index contributed by atoms with van der Waals surface area (Å²) in [6.07, 6.45) is 4.91. The minimum absolute atomic E-state index is 0.162. The molecule has 8 heteroatoms. The number of hydrogen-bond donors (Lipinski definition) is 1. The number of sulfonamides is 1. The third kappa shape index (κ3) is 3.33. The van der Waals surface area contributed by atoms with E-state index < -0.39 is 10.0 Å². The first-order valence-electron chi connectivity index (χ1n) is 8.14. The van der Waals surface area contributed by atoms with Crippen molar-refractivity contribution in [2.24, 2.45) is 0 Å². The fraction of sp³-hybridized carbons (Fsp3) is 0.857. The van der Waals surface area contributed by atoms with Crippen molar-refractivity contribution in [2.75, 3.05) is 25.4 Å². The number of hydrogen-bond acceptors (Lipinski definition) is 6. The van der Waals surface area contributed by atoms with Crippen LogP contribution in [0, 0.1) is 0 Å². The summed E-state index contributed by atoms with van der Waals surface area (Å²) in [6, 6.07) is 0.176. The van der Waals surface area contributed by atoms with Gasteiger partial charge in [0.05, 0.1) is 11.8 Å². The molecule has 0 saturated carbocycles.